The van der Waals surface area contributed by atoms with Crippen LogP contribution >= 0.6 is 0 Å². The van der Waals surface area contributed by atoms with Crippen molar-refractivity contribution in [2.24, 2.45) is 22.5 Å². The van der Waals surface area contributed by atoms with Gasteiger partial charge < -0.3 is 5.73 Å². The highest BCUT2D eigenvalue weighted by Crippen LogP contribution is 2.65. The highest BCUT2D eigenvalue weighted by molar-refractivity contribution is 5.12. The van der Waals surface area contributed by atoms with Crippen LogP contribution in [0.1, 0.15) is 60.5 Å². The summed E-state index contributed by atoms with van der Waals surface area (Å²) < 4.78 is 47.3. The van der Waals surface area contributed by atoms with Gasteiger partial charge in [-0.1, -0.05) is 13.7 Å². The molecule has 2 N–H and O–H groups in total. The first kappa shape index (κ1) is 4.22. The van der Waals surface area contributed by atoms with Crippen LogP contribution in [0.5, 0.6) is 0 Å². The highest BCUT2D eigenvalue weighted by Gasteiger charge is 2.58. The summed E-state index contributed by atoms with van der Waals surface area (Å²) in [6, 6.07) is 0. The first-order chi connectivity index (χ1) is 8.41. The largest absolute Gasteiger partial charge is 0.325 e. The molecule has 0 aromatic heterocycles. The Morgan fingerprint density at radius 2 is 1.69 bits per heavy atom. The Hall–Kier alpha value is -0.0400. The second-order valence-electron chi connectivity index (χ2n) is 5.93. The molecule has 1 heteroatoms. The minimum atomic E-state index is -2.10. The first-order valence-electron chi connectivity index (χ1n) is 8.20. The lowest BCUT2D eigenvalue weighted by Gasteiger charge is -2.64. The van der Waals surface area contributed by atoms with Crippen molar-refractivity contribution in [2.75, 3.05) is 0 Å². The summed E-state index contributed by atoms with van der Waals surface area (Å²) in [5, 5.41) is 0. The molecule has 4 atom stereocenters. The molecule has 0 spiro atoms. The van der Waals surface area contributed by atoms with E-state index in [-0.39, 0.29) is 5.92 Å². The highest BCUT2D eigenvalue weighted by atomic mass is 14.8. The van der Waals surface area contributed by atoms with E-state index in [4.69, 9.17) is 14.0 Å². The van der Waals surface area contributed by atoms with Gasteiger partial charge >= 0.3 is 0 Å². The first-order valence-corrected chi connectivity index (χ1v) is 5.20. The van der Waals surface area contributed by atoms with Crippen LogP contribution in [-0.4, -0.2) is 5.54 Å². The standard InChI is InChI=1S/C12H21N/c1-10-3-9-4-11(2,6-10)8-12(13,5-9)7-10/h9H,3-8,13H2,1-2H3/t9?,10-,11+,12?/i1D3,2D3. The van der Waals surface area contributed by atoms with E-state index in [0.29, 0.717) is 32.1 Å². The molecule has 4 saturated carbocycles. The van der Waals surface area contributed by atoms with Gasteiger partial charge in [-0.2, -0.15) is 0 Å². The zero-order valence-electron chi connectivity index (χ0n) is 13.9. The number of nitrogens with two attached hydrogens (primary N) is 1. The van der Waals surface area contributed by atoms with Crippen molar-refractivity contribution < 1.29 is 8.22 Å². The summed E-state index contributed by atoms with van der Waals surface area (Å²) in [4.78, 5) is 0. The summed E-state index contributed by atoms with van der Waals surface area (Å²) in [6.07, 6.45) is 3.27. The normalized spacial score (nSPS) is 73.2. The van der Waals surface area contributed by atoms with Gasteiger partial charge in [0.2, 0.25) is 0 Å². The predicted molar refractivity (Wildman–Crippen MR) is 54.3 cm³/mol. The molecule has 4 aliphatic rings. The maximum atomic E-state index is 7.88. The van der Waals surface area contributed by atoms with Gasteiger partial charge in [0.15, 0.2) is 0 Å². The molecule has 4 rings (SSSR count). The molecule has 0 radical (unpaired) electrons. The van der Waals surface area contributed by atoms with E-state index >= 15 is 0 Å². The van der Waals surface area contributed by atoms with E-state index in [1.807, 2.05) is 0 Å². The topological polar surface area (TPSA) is 26.0 Å². The fourth-order valence-corrected chi connectivity index (χ4v) is 4.51. The summed E-state index contributed by atoms with van der Waals surface area (Å²) >= 11 is 0. The van der Waals surface area contributed by atoms with Crippen molar-refractivity contribution in [3.05, 3.63) is 0 Å². The Bertz CT molecular complexity index is 381. The molecule has 0 amide bonds. The van der Waals surface area contributed by atoms with Crippen LogP contribution in [0.2, 0.25) is 0 Å². The fourth-order valence-electron chi connectivity index (χ4n) is 4.51. The van der Waals surface area contributed by atoms with Crippen molar-refractivity contribution in [3.8, 4) is 0 Å². The Kier molecular flexibility index (Phi) is 0.642. The number of hydrogen-bond acceptors (Lipinski definition) is 1. The summed E-state index contributed by atoms with van der Waals surface area (Å²) in [7, 11) is 0. The van der Waals surface area contributed by atoms with E-state index in [9.17, 15) is 0 Å². The second-order valence-corrected chi connectivity index (χ2v) is 5.93. The Morgan fingerprint density at radius 3 is 2.15 bits per heavy atom. The quantitative estimate of drug-likeness (QED) is 0.617. The molecule has 0 aliphatic heterocycles. The van der Waals surface area contributed by atoms with Crippen LogP contribution in [0.25, 0.3) is 0 Å². The third kappa shape index (κ3) is 1.09. The molecule has 0 saturated heterocycles. The maximum Gasteiger partial charge on any atom is 0.0236 e. The van der Waals surface area contributed by atoms with E-state index < -0.39 is 30.1 Å². The van der Waals surface area contributed by atoms with Crippen LogP contribution in [0.15, 0.2) is 0 Å². The van der Waals surface area contributed by atoms with Crippen molar-refractivity contribution in [3.63, 3.8) is 0 Å². The molecule has 4 fully saturated rings. The lowest BCUT2D eigenvalue weighted by atomic mass is 9.43. The molecule has 2 unspecified atom stereocenters. The van der Waals surface area contributed by atoms with E-state index in [0.717, 1.165) is 6.42 Å². The minimum Gasteiger partial charge on any atom is -0.325 e. The Labute approximate surface area is 89.5 Å². The Balaban J connectivity index is 2.09. The monoisotopic (exact) mass is 185 g/mol. The molecule has 74 valence electrons. The van der Waals surface area contributed by atoms with Crippen LogP contribution < -0.4 is 5.73 Å². The molecular weight excluding hydrogens is 158 g/mol. The average Bonchev–Trinajstić information content (AvgIpc) is 2.09. The van der Waals surface area contributed by atoms with Crippen LogP contribution in [0.3, 0.4) is 0 Å². The third-order valence-corrected chi connectivity index (χ3v) is 4.11. The molecule has 0 aromatic rings. The molecule has 4 bridgehead atoms. The lowest BCUT2D eigenvalue weighted by molar-refractivity contribution is -0.104. The lowest BCUT2D eigenvalue weighted by Crippen LogP contribution is -2.62. The molecule has 1 nitrogen and oxygen atoms in total. The van der Waals surface area contributed by atoms with Gasteiger partial charge in [-0.25, -0.2) is 0 Å². The summed E-state index contributed by atoms with van der Waals surface area (Å²) in [5.74, 6) is 0.169. The van der Waals surface area contributed by atoms with E-state index in [1.165, 1.54) is 0 Å². The van der Waals surface area contributed by atoms with Crippen LogP contribution in [0, 0.1) is 16.7 Å². The summed E-state index contributed by atoms with van der Waals surface area (Å²) in [5.41, 5.74) is 4.07. The number of hydrogen-bond donors (Lipinski definition) is 1. The Morgan fingerprint density at radius 1 is 1.08 bits per heavy atom. The predicted octanol–water partition coefficient (Wildman–Crippen LogP) is 2.69. The van der Waals surface area contributed by atoms with Crippen molar-refractivity contribution >= 4 is 0 Å². The minimum absolute atomic E-state index is 0.169. The molecular formula is C12H21N. The van der Waals surface area contributed by atoms with Gasteiger partial charge in [0.1, 0.15) is 0 Å². The van der Waals surface area contributed by atoms with Gasteiger partial charge in [-0.3, -0.25) is 0 Å². The molecule has 4 aliphatic carbocycles. The maximum absolute atomic E-state index is 7.88. The fraction of sp³-hybridized carbons (Fsp3) is 1.00. The van der Waals surface area contributed by atoms with Crippen molar-refractivity contribution in [1.29, 1.82) is 0 Å². The van der Waals surface area contributed by atoms with Gasteiger partial charge in [0.25, 0.3) is 0 Å². The van der Waals surface area contributed by atoms with Crippen LogP contribution in [-0.2, 0) is 0 Å². The average molecular weight is 185 g/mol. The van der Waals surface area contributed by atoms with Gasteiger partial charge in [0.05, 0.1) is 0 Å². The van der Waals surface area contributed by atoms with Crippen molar-refractivity contribution in [2.45, 2.75) is 57.8 Å². The van der Waals surface area contributed by atoms with E-state index in [2.05, 4.69) is 0 Å². The number of rotatable bonds is 0. The third-order valence-electron chi connectivity index (χ3n) is 4.11. The van der Waals surface area contributed by atoms with Crippen molar-refractivity contribution in [1.82, 2.24) is 0 Å². The van der Waals surface area contributed by atoms with Gasteiger partial charge in [-0.15, -0.1) is 0 Å². The zero-order chi connectivity index (χ0) is 14.3. The molecule has 0 heterocycles. The van der Waals surface area contributed by atoms with Gasteiger partial charge in [0, 0.05) is 13.8 Å². The smallest absolute Gasteiger partial charge is 0.0236 e. The van der Waals surface area contributed by atoms with Gasteiger partial charge in [-0.05, 0) is 55.3 Å². The zero-order valence-corrected chi connectivity index (χ0v) is 7.90. The summed E-state index contributed by atoms with van der Waals surface area (Å²) in [6.45, 7) is -4.21. The SMILES string of the molecule is [2H]C([2H])([2H])[C@@]12CC3CC(N)(C1)C[C@](C([2H])([2H])[2H])(C3)C2. The molecule has 13 heavy (non-hydrogen) atoms. The second kappa shape index (κ2) is 1.98. The van der Waals surface area contributed by atoms with Crippen LogP contribution in [0.4, 0.5) is 0 Å². The van der Waals surface area contributed by atoms with E-state index in [1.54, 1.807) is 0 Å². The molecule has 0 aromatic carbocycles.